The molecule has 0 aromatic heterocycles. The number of aryl methyl sites for hydroxylation is 1. The first-order chi connectivity index (χ1) is 11.2. The van der Waals surface area contributed by atoms with Gasteiger partial charge in [0.1, 0.15) is 0 Å². The Morgan fingerprint density at radius 1 is 1.12 bits per heavy atom. The van der Waals surface area contributed by atoms with E-state index in [0.717, 1.165) is 23.4 Å². The van der Waals surface area contributed by atoms with Crippen LogP contribution in [0, 0.1) is 6.92 Å². The zero-order valence-electron chi connectivity index (χ0n) is 13.5. The summed E-state index contributed by atoms with van der Waals surface area (Å²) in [6, 6.07) is 12.4. The Kier molecular flexibility index (Phi) is 5.62. The molecular weight excluding hydrogens is 317 g/mol. The van der Waals surface area contributed by atoms with Crippen LogP contribution >= 0.6 is 0 Å². The lowest BCUT2D eigenvalue weighted by atomic mass is 10.1. The highest BCUT2D eigenvalue weighted by Gasteiger charge is 2.29. The summed E-state index contributed by atoms with van der Waals surface area (Å²) in [4.78, 5) is 13.8. The van der Waals surface area contributed by atoms with Gasteiger partial charge in [-0.05, 0) is 49.4 Å². The highest BCUT2D eigenvalue weighted by atomic mass is 19.4. The molecule has 0 atom stereocenters. The van der Waals surface area contributed by atoms with Crippen LogP contribution in [0.2, 0.25) is 0 Å². The lowest BCUT2D eigenvalue weighted by Crippen LogP contribution is -2.29. The van der Waals surface area contributed by atoms with E-state index in [-0.39, 0.29) is 12.5 Å². The molecule has 0 unspecified atom stereocenters. The number of likely N-dealkylation sites (N-methyl/N-ethyl adjacent to an activating group) is 1. The van der Waals surface area contributed by atoms with Crippen molar-refractivity contribution in [3.05, 3.63) is 65.2 Å². The van der Waals surface area contributed by atoms with Crippen LogP contribution in [0.4, 0.5) is 18.9 Å². The topological polar surface area (TPSA) is 32.3 Å². The van der Waals surface area contributed by atoms with E-state index in [4.69, 9.17) is 0 Å². The van der Waals surface area contributed by atoms with E-state index in [2.05, 4.69) is 5.32 Å². The van der Waals surface area contributed by atoms with Gasteiger partial charge in [-0.2, -0.15) is 13.2 Å². The van der Waals surface area contributed by atoms with Gasteiger partial charge in [0, 0.05) is 12.2 Å². The first-order valence-corrected chi connectivity index (χ1v) is 7.45. The summed E-state index contributed by atoms with van der Waals surface area (Å²) in [5, 5.41) is 2.80. The van der Waals surface area contributed by atoms with E-state index in [1.165, 1.54) is 12.1 Å². The van der Waals surface area contributed by atoms with Crippen molar-refractivity contribution in [2.75, 3.05) is 18.9 Å². The molecule has 6 heteroatoms. The molecule has 2 aromatic carbocycles. The van der Waals surface area contributed by atoms with Crippen molar-refractivity contribution in [2.45, 2.75) is 19.6 Å². The number of alkyl halides is 3. The normalized spacial score (nSPS) is 11.6. The Morgan fingerprint density at radius 2 is 1.79 bits per heavy atom. The van der Waals surface area contributed by atoms with Gasteiger partial charge in [0.25, 0.3) is 0 Å². The van der Waals surface area contributed by atoms with E-state index >= 15 is 0 Å². The molecule has 2 rings (SSSR count). The molecular formula is C18H19F3N2O. The van der Waals surface area contributed by atoms with Crippen molar-refractivity contribution < 1.29 is 18.0 Å². The largest absolute Gasteiger partial charge is 0.416 e. The fourth-order valence-electron chi connectivity index (χ4n) is 2.34. The third-order valence-electron chi connectivity index (χ3n) is 3.45. The van der Waals surface area contributed by atoms with Crippen LogP contribution in [0.5, 0.6) is 0 Å². The summed E-state index contributed by atoms with van der Waals surface area (Å²) in [6.45, 7) is 2.47. The summed E-state index contributed by atoms with van der Waals surface area (Å²) >= 11 is 0. The number of benzene rings is 2. The van der Waals surface area contributed by atoms with Crippen LogP contribution in [0.25, 0.3) is 0 Å². The zero-order chi connectivity index (χ0) is 17.7. The third kappa shape index (κ3) is 5.38. The number of amides is 1. The number of hydrogen-bond donors (Lipinski definition) is 1. The van der Waals surface area contributed by atoms with Crippen LogP contribution < -0.4 is 5.32 Å². The van der Waals surface area contributed by atoms with Crippen LogP contribution in [0.15, 0.2) is 48.5 Å². The number of rotatable bonds is 5. The summed E-state index contributed by atoms with van der Waals surface area (Å²) < 4.78 is 37.6. The molecule has 0 heterocycles. The Balaban J connectivity index is 1.88. The maximum absolute atomic E-state index is 12.5. The van der Waals surface area contributed by atoms with Crippen molar-refractivity contribution in [3.8, 4) is 0 Å². The Hall–Kier alpha value is -2.34. The lowest BCUT2D eigenvalue weighted by molar-refractivity contribution is -0.137. The highest BCUT2D eigenvalue weighted by molar-refractivity contribution is 5.92. The molecule has 0 saturated heterocycles. The molecule has 0 radical (unpaired) electrons. The minimum atomic E-state index is -4.34. The lowest BCUT2D eigenvalue weighted by Gasteiger charge is -2.17. The average molecular weight is 336 g/mol. The van der Waals surface area contributed by atoms with Gasteiger partial charge >= 0.3 is 6.18 Å². The molecule has 0 bridgehead atoms. The maximum atomic E-state index is 12.5. The van der Waals surface area contributed by atoms with Crippen molar-refractivity contribution in [2.24, 2.45) is 0 Å². The predicted molar refractivity (Wildman–Crippen MR) is 87.6 cm³/mol. The number of nitrogens with one attached hydrogen (secondary N) is 1. The van der Waals surface area contributed by atoms with Crippen LogP contribution in [0.3, 0.4) is 0 Å². The van der Waals surface area contributed by atoms with Crippen molar-refractivity contribution in [1.82, 2.24) is 4.90 Å². The van der Waals surface area contributed by atoms with Gasteiger partial charge in [-0.3, -0.25) is 9.69 Å². The molecule has 1 N–H and O–H groups in total. The smallest absolute Gasteiger partial charge is 0.325 e. The second kappa shape index (κ2) is 7.49. The molecule has 3 nitrogen and oxygen atoms in total. The summed E-state index contributed by atoms with van der Waals surface area (Å²) in [5.41, 5.74) is 1.81. The first-order valence-electron chi connectivity index (χ1n) is 7.45. The van der Waals surface area contributed by atoms with Gasteiger partial charge < -0.3 is 5.32 Å². The van der Waals surface area contributed by atoms with Crippen molar-refractivity contribution in [3.63, 3.8) is 0 Å². The Morgan fingerprint density at radius 3 is 2.38 bits per heavy atom. The number of carbonyl (C=O) groups excluding carboxylic acids is 1. The molecule has 2 aromatic rings. The van der Waals surface area contributed by atoms with Crippen LogP contribution in [-0.4, -0.2) is 24.4 Å². The van der Waals surface area contributed by atoms with E-state index in [1.807, 2.05) is 25.1 Å². The highest BCUT2D eigenvalue weighted by Crippen LogP contribution is 2.29. The number of nitrogens with zero attached hydrogens (tertiary/aromatic N) is 1. The standard InChI is InChI=1S/C18H19F3N2O/c1-13-4-3-5-16(10-13)22-17(24)12-23(2)11-14-6-8-15(9-7-14)18(19,20)21/h3-10H,11-12H2,1-2H3,(H,22,24). The molecule has 0 aliphatic rings. The second-order valence-corrected chi connectivity index (χ2v) is 5.78. The van der Waals surface area contributed by atoms with Gasteiger partial charge in [0.05, 0.1) is 12.1 Å². The van der Waals surface area contributed by atoms with Gasteiger partial charge in [-0.15, -0.1) is 0 Å². The van der Waals surface area contributed by atoms with Crippen LogP contribution in [-0.2, 0) is 17.5 Å². The molecule has 0 aliphatic heterocycles. The number of anilines is 1. The zero-order valence-corrected chi connectivity index (χ0v) is 13.5. The Bertz CT molecular complexity index is 696. The fraction of sp³-hybridized carbons (Fsp3) is 0.278. The maximum Gasteiger partial charge on any atom is 0.416 e. The number of carbonyl (C=O) groups is 1. The second-order valence-electron chi connectivity index (χ2n) is 5.78. The minimum Gasteiger partial charge on any atom is -0.325 e. The Labute approximate surface area is 139 Å². The molecule has 1 amide bonds. The molecule has 24 heavy (non-hydrogen) atoms. The molecule has 0 fully saturated rings. The number of halogens is 3. The van der Waals surface area contributed by atoms with Gasteiger partial charge in [0.2, 0.25) is 5.91 Å². The molecule has 0 saturated carbocycles. The average Bonchev–Trinajstić information content (AvgIpc) is 2.46. The van der Waals surface area contributed by atoms with Crippen LogP contribution in [0.1, 0.15) is 16.7 Å². The van der Waals surface area contributed by atoms with Gasteiger partial charge in [-0.25, -0.2) is 0 Å². The predicted octanol–water partition coefficient (Wildman–Crippen LogP) is 4.08. The number of hydrogen-bond acceptors (Lipinski definition) is 2. The summed E-state index contributed by atoms with van der Waals surface area (Å²) in [5.74, 6) is -0.171. The monoisotopic (exact) mass is 336 g/mol. The fourth-order valence-corrected chi connectivity index (χ4v) is 2.34. The minimum absolute atomic E-state index is 0.148. The van der Waals surface area contributed by atoms with E-state index in [9.17, 15) is 18.0 Å². The quantitative estimate of drug-likeness (QED) is 0.892. The summed E-state index contributed by atoms with van der Waals surface area (Å²) in [7, 11) is 1.74. The molecule has 0 aliphatic carbocycles. The first kappa shape index (κ1) is 18.0. The van der Waals surface area contributed by atoms with E-state index < -0.39 is 11.7 Å². The van der Waals surface area contributed by atoms with Gasteiger partial charge in [-0.1, -0.05) is 24.3 Å². The third-order valence-corrected chi connectivity index (χ3v) is 3.45. The molecule has 128 valence electrons. The summed E-state index contributed by atoms with van der Waals surface area (Å²) in [6.07, 6.45) is -4.34. The van der Waals surface area contributed by atoms with E-state index in [0.29, 0.717) is 12.1 Å². The SMILES string of the molecule is Cc1cccc(NC(=O)CN(C)Cc2ccc(C(F)(F)F)cc2)c1. The van der Waals surface area contributed by atoms with E-state index in [1.54, 1.807) is 18.0 Å². The van der Waals surface area contributed by atoms with Gasteiger partial charge in [0.15, 0.2) is 0 Å². The van der Waals surface area contributed by atoms with Crippen molar-refractivity contribution >= 4 is 11.6 Å². The molecule has 0 spiro atoms. The van der Waals surface area contributed by atoms with Crippen molar-refractivity contribution in [1.29, 1.82) is 0 Å².